The molecule has 0 aliphatic heterocycles. The summed E-state index contributed by atoms with van der Waals surface area (Å²) < 4.78 is 2.17. The Balaban J connectivity index is 2.02. The van der Waals surface area contributed by atoms with Gasteiger partial charge in [0.2, 0.25) is 0 Å². The van der Waals surface area contributed by atoms with Gasteiger partial charge in [-0.2, -0.15) is 0 Å². The van der Waals surface area contributed by atoms with Crippen LogP contribution >= 0.6 is 0 Å². The van der Waals surface area contributed by atoms with Crippen LogP contribution in [-0.4, -0.2) is 21.6 Å². The van der Waals surface area contributed by atoms with Gasteiger partial charge in [-0.25, -0.2) is 0 Å². The number of pyridine rings is 1. The molecule has 0 bridgehead atoms. The summed E-state index contributed by atoms with van der Waals surface area (Å²) in [6.45, 7) is 0.887. The first-order valence-corrected chi connectivity index (χ1v) is 6.36. The SMILES string of the molecule is CNCc1ccc2nnc(C3CCCC3)n2c1. The molecule has 4 nitrogen and oxygen atoms in total. The minimum atomic E-state index is 0.606. The summed E-state index contributed by atoms with van der Waals surface area (Å²) in [6, 6.07) is 4.16. The lowest BCUT2D eigenvalue weighted by Crippen LogP contribution is -2.07. The van der Waals surface area contributed by atoms with Crippen molar-refractivity contribution in [3.8, 4) is 0 Å². The Morgan fingerprint density at radius 3 is 2.88 bits per heavy atom. The van der Waals surface area contributed by atoms with Crippen LogP contribution in [0.2, 0.25) is 0 Å². The summed E-state index contributed by atoms with van der Waals surface area (Å²) >= 11 is 0. The number of hydrogen-bond donors (Lipinski definition) is 1. The predicted molar refractivity (Wildman–Crippen MR) is 67.0 cm³/mol. The topological polar surface area (TPSA) is 42.2 Å². The Morgan fingerprint density at radius 1 is 1.29 bits per heavy atom. The van der Waals surface area contributed by atoms with Crippen LogP contribution in [0.25, 0.3) is 5.65 Å². The maximum atomic E-state index is 4.37. The van der Waals surface area contributed by atoms with Gasteiger partial charge >= 0.3 is 0 Å². The lowest BCUT2D eigenvalue weighted by Gasteiger charge is -2.07. The van der Waals surface area contributed by atoms with E-state index in [1.807, 2.05) is 7.05 Å². The largest absolute Gasteiger partial charge is 0.316 e. The van der Waals surface area contributed by atoms with Gasteiger partial charge in [-0.05, 0) is 31.5 Å². The van der Waals surface area contributed by atoms with Gasteiger partial charge in [0.25, 0.3) is 0 Å². The normalized spacial score (nSPS) is 17.0. The number of rotatable bonds is 3. The maximum absolute atomic E-state index is 4.37. The third-order valence-electron chi connectivity index (χ3n) is 3.59. The van der Waals surface area contributed by atoms with E-state index in [0.29, 0.717) is 5.92 Å². The molecular formula is C13H18N4. The van der Waals surface area contributed by atoms with Crippen molar-refractivity contribution in [1.82, 2.24) is 19.9 Å². The molecule has 4 heteroatoms. The average Bonchev–Trinajstić information content (AvgIpc) is 2.96. The Bertz CT molecular complexity index is 511. The molecule has 3 rings (SSSR count). The van der Waals surface area contributed by atoms with Gasteiger partial charge < -0.3 is 5.32 Å². The van der Waals surface area contributed by atoms with Crippen LogP contribution in [0, 0.1) is 0 Å². The third-order valence-corrected chi connectivity index (χ3v) is 3.59. The highest BCUT2D eigenvalue weighted by Gasteiger charge is 2.22. The Morgan fingerprint density at radius 2 is 2.12 bits per heavy atom. The highest BCUT2D eigenvalue weighted by atomic mass is 15.2. The highest BCUT2D eigenvalue weighted by Crippen LogP contribution is 2.33. The molecule has 0 radical (unpaired) electrons. The van der Waals surface area contributed by atoms with Crippen LogP contribution in [-0.2, 0) is 6.54 Å². The zero-order valence-electron chi connectivity index (χ0n) is 10.2. The summed E-state index contributed by atoms with van der Waals surface area (Å²) in [5, 5.41) is 11.8. The molecule has 17 heavy (non-hydrogen) atoms. The molecule has 0 spiro atoms. The van der Waals surface area contributed by atoms with E-state index in [-0.39, 0.29) is 0 Å². The van der Waals surface area contributed by atoms with Crippen molar-refractivity contribution in [2.75, 3.05) is 7.05 Å². The van der Waals surface area contributed by atoms with Crippen LogP contribution in [0.3, 0.4) is 0 Å². The van der Waals surface area contributed by atoms with Crippen LogP contribution in [0.4, 0.5) is 0 Å². The van der Waals surface area contributed by atoms with Crippen molar-refractivity contribution in [1.29, 1.82) is 0 Å². The molecule has 1 aliphatic rings. The number of fused-ring (bicyclic) bond motifs is 1. The summed E-state index contributed by atoms with van der Waals surface area (Å²) in [5.74, 6) is 1.75. The number of aromatic nitrogens is 3. The fourth-order valence-electron chi connectivity index (χ4n) is 2.72. The number of nitrogens with one attached hydrogen (secondary N) is 1. The zero-order valence-corrected chi connectivity index (χ0v) is 10.2. The molecule has 1 N–H and O–H groups in total. The summed E-state index contributed by atoms with van der Waals surface area (Å²) in [5.41, 5.74) is 2.24. The van der Waals surface area contributed by atoms with Crippen molar-refractivity contribution in [3.63, 3.8) is 0 Å². The van der Waals surface area contributed by atoms with Crippen LogP contribution in [0.5, 0.6) is 0 Å². The summed E-state index contributed by atoms with van der Waals surface area (Å²) in [6.07, 6.45) is 7.35. The first-order valence-electron chi connectivity index (χ1n) is 6.36. The van der Waals surface area contributed by atoms with Crippen LogP contribution in [0.1, 0.15) is 43.0 Å². The fraction of sp³-hybridized carbons (Fsp3) is 0.538. The lowest BCUT2D eigenvalue weighted by molar-refractivity contribution is 0.657. The van der Waals surface area contributed by atoms with Gasteiger partial charge in [-0.15, -0.1) is 10.2 Å². The molecule has 0 amide bonds. The van der Waals surface area contributed by atoms with Crippen molar-refractivity contribution in [2.24, 2.45) is 0 Å². The minimum Gasteiger partial charge on any atom is -0.316 e. The molecule has 0 unspecified atom stereocenters. The third kappa shape index (κ3) is 1.93. The Hall–Kier alpha value is -1.42. The van der Waals surface area contributed by atoms with E-state index >= 15 is 0 Å². The second-order valence-electron chi connectivity index (χ2n) is 4.84. The van der Waals surface area contributed by atoms with Gasteiger partial charge in [-0.3, -0.25) is 4.40 Å². The van der Waals surface area contributed by atoms with E-state index in [9.17, 15) is 0 Å². The molecule has 0 atom stereocenters. The van der Waals surface area contributed by atoms with E-state index < -0.39 is 0 Å². The second-order valence-corrected chi connectivity index (χ2v) is 4.84. The van der Waals surface area contributed by atoms with Crippen molar-refractivity contribution in [3.05, 3.63) is 29.7 Å². The van der Waals surface area contributed by atoms with E-state index in [0.717, 1.165) is 18.0 Å². The molecular weight excluding hydrogens is 212 g/mol. The molecule has 1 saturated carbocycles. The first-order chi connectivity index (χ1) is 8.38. The maximum Gasteiger partial charge on any atom is 0.160 e. The van der Waals surface area contributed by atoms with Gasteiger partial charge in [-0.1, -0.05) is 18.9 Å². The van der Waals surface area contributed by atoms with Crippen molar-refractivity contribution in [2.45, 2.75) is 38.1 Å². The molecule has 0 aromatic carbocycles. The smallest absolute Gasteiger partial charge is 0.160 e. The van der Waals surface area contributed by atoms with Crippen LogP contribution in [0.15, 0.2) is 18.3 Å². The zero-order chi connectivity index (χ0) is 11.7. The van der Waals surface area contributed by atoms with Gasteiger partial charge in [0.1, 0.15) is 5.82 Å². The number of nitrogens with zero attached hydrogens (tertiary/aromatic N) is 3. The molecule has 1 fully saturated rings. The first kappa shape index (κ1) is 10.7. The molecule has 2 aromatic heterocycles. The molecule has 90 valence electrons. The predicted octanol–water partition coefficient (Wildman–Crippen LogP) is 2.11. The molecule has 2 heterocycles. The second kappa shape index (κ2) is 4.45. The monoisotopic (exact) mass is 230 g/mol. The Labute approximate surface area is 101 Å². The standard InChI is InChI=1S/C13H18N4/c1-14-8-10-6-7-12-15-16-13(17(12)9-10)11-4-2-3-5-11/h6-7,9,11,14H,2-5,8H2,1H3. The van der Waals surface area contributed by atoms with Gasteiger partial charge in [0.05, 0.1) is 0 Å². The molecule has 0 saturated heterocycles. The molecule has 2 aromatic rings. The van der Waals surface area contributed by atoms with E-state index in [4.69, 9.17) is 0 Å². The van der Waals surface area contributed by atoms with Gasteiger partial charge in [0.15, 0.2) is 5.65 Å². The lowest BCUT2D eigenvalue weighted by atomic mass is 10.1. The van der Waals surface area contributed by atoms with E-state index in [1.54, 1.807) is 0 Å². The van der Waals surface area contributed by atoms with Crippen LogP contribution < -0.4 is 5.32 Å². The average molecular weight is 230 g/mol. The summed E-state index contributed by atoms with van der Waals surface area (Å²) in [7, 11) is 1.97. The molecule has 1 aliphatic carbocycles. The minimum absolute atomic E-state index is 0.606. The van der Waals surface area contributed by atoms with Crippen molar-refractivity contribution >= 4 is 5.65 Å². The summed E-state index contributed by atoms with van der Waals surface area (Å²) in [4.78, 5) is 0. The number of hydrogen-bond acceptors (Lipinski definition) is 3. The van der Waals surface area contributed by atoms with E-state index in [2.05, 4.69) is 38.2 Å². The van der Waals surface area contributed by atoms with Gasteiger partial charge in [0, 0.05) is 18.7 Å². The van der Waals surface area contributed by atoms with Crippen molar-refractivity contribution < 1.29 is 0 Å². The van der Waals surface area contributed by atoms with E-state index in [1.165, 1.54) is 31.2 Å². The fourth-order valence-corrected chi connectivity index (χ4v) is 2.72. The highest BCUT2D eigenvalue weighted by molar-refractivity contribution is 5.40. The quantitative estimate of drug-likeness (QED) is 0.878. The Kier molecular flexibility index (Phi) is 2.81.